The third kappa shape index (κ3) is 4.23. The van der Waals surface area contributed by atoms with Crippen molar-refractivity contribution in [1.29, 1.82) is 0 Å². The highest BCUT2D eigenvalue weighted by Gasteiger charge is 2.49. The number of thioether (sulfide) groups is 1. The molecule has 0 unspecified atom stereocenters. The second-order valence-corrected chi connectivity index (χ2v) is 9.85. The number of fused-ring (bicyclic) bond motifs is 1. The summed E-state index contributed by atoms with van der Waals surface area (Å²) >= 11 is 1.41. The quantitative estimate of drug-likeness (QED) is 0.736. The molecule has 142 valence electrons. The predicted molar refractivity (Wildman–Crippen MR) is 106 cm³/mol. The van der Waals surface area contributed by atoms with E-state index in [2.05, 4.69) is 4.99 Å². The number of ether oxygens (including phenoxy) is 1. The Kier molecular flexibility index (Phi) is 5.92. The Morgan fingerprint density at radius 2 is 2.00 bits per heavy atom. The van der Waals surface area contributed by atoms with Crippen LogP contribution < -0.4 is 9.64 Å². The molecule has 1 amide bonds. The molecule has 2 aliphatic heterocycles. The van der Waals surface area contributed by atoms with Crippen molar-refractivity contribution in [2.24, 2.45) is 4.99 Å². The van der Waals surface area contributed by atoms with Crippen LogP contribution in [0, 0.1) is 0 Å². The lowest BCUT2D eigenvalue weighted by molar-refractivity contribution is -0.117. The van der Waals surface area contributed by atoms with Gasteiger partial charge in [-0.1, -0.05) is 25.1 Å². The number of anilines is 1. The maximum atomic E-state index is 12.2. The summed E-state index contributed by atoms with van der Waals surface area (Å²) in [6.07, 6.45) is 2.17. The number of nitrogens with zero attached hydrogens (tertiary/aromatic N) is 2. The minimum atomic E-state index is -3.06. The number of amidine groups is 1. The average Bonchev–Trinajstić information content (AvgIpc) is 3.05. The first kappa shape index (κ1) is 19.2. The smallest absolute Gasteiger partial charge is 0.248 e. The van der Waals surface area contributed by atoms with Crippen LogP contribution in [-0.2, 0) is 14.6 Å². The number of unbranched alkanes of at least 4 members (excludes halogenated alkanes) is 1. The third-order valence-corrected chi connectivity index (χ3v) is 7.67. The summed E-state index contributed by atoms with van der Waals surface area (Å²) in [5, 5.41) is 0.532. The first-order chi connectivity index (χ1) is 12.4. The Balaban J connectivity index is 1.89. The second kappa shape index (κ2) is 8.00. The molecule has 2 fully saturated rings. The lowest BCUT2D eigenvalue weighted by atomic mass is 10.2. The highest BCUT2D eigenvalue weighted by Crippen LogP contribution is 2.41. The Morgan fingerprint density at radius 3 is 2.65 bits per heavy atom. The number of carbonyl (C=O) groups excluding carboxylic acids is 1. The molecular formula is C18H24N2O4S2. The summed E-state index contributed by atoms with van der Waals surface area (Å²) in [5.74, 6) is 0.849. The number of hydrogen-bond acceptors (Lipinski definition) is 5. The fourth-order valence-electron chi connectivity index (χ4n) is 3.23. The monoisotopic (exact) mass is 396 g/mol. The van der Waals surface area contributed by atoms with E-state index in [4.69, 9.17) is 4.74 Å². The van der Waals surface area contributed by atoms with Crippen LogP contribution in [0.15, 0.2) is 29.3 Å². The largest absolute Gasteiger partial charge is 0.494 e. The lowest BCUT2D eigenvalue weighted by Crippen LogP contribution is -2.37. The third-order valence-electron chi connectivity index (χ3n) is 4.46. The van der Waals surface area contributed by atoms with Gasteiger partial charge in [0.25, 0.3) is 0 Å². The van der Waals surface area contributed by atoms with Crippen LogP contribution in [0.3, 0.4) is 0 Å². The molecule has 8 heteroatoms. The summed E-state index contributed by atoms with van der Waals surface area (Å²) in [6, 6.07) is 7.32. The topological polar surface area (TPSA) is 76.0 Å². The van der Waals surface area contributed by atoms with Gasteiger partial charge in [-0.2, -0.15) is 4.99 Å². The molecule has 0 aliphatic carbocycles. The van der Waals surface area contributed by atoms with Crippen molar-refractivity contribution < 1.29 is 17.9 Å². The van der Waals surface area contributed by atoms with Gasteiger partial charge >= 0.3 is 0 Å². The average molecular weight is 397 g/mol. The molecule has 2 saturated heterocycles. The zero-order valence-electron chi connectivity index (χ0n) is 15.1. The highest BCUT2D eigenvalue weighted by atomic mass is 32.2. The van der Waals surface area contributed by atoms with E-state index in [-0.39, 0.29) is 28.7 Å². The van der Waals surface area contributed by atoms with Crippen LogP contribution in [0.4, 0.5) is 5.69 Å². The van der Waals surface area contributed by atoms with Crippen molar-refractivity contribution in [2.75, 3.05) is 23.0 Å². The van der Waals surface area contributed by atoms with Gasteiger partial charge in [0.15, 0.2) is 15.0 Å². The van der Waals surface area contributed by atoms with Gasteiger partial charge in [0.1, 0.15) is 5.75 Å². The van der Waals surface area contributed by atoms with E-state index in [0.717, 1.165) is 24.3 Å². The second-order valence-electron chi connectivity index (χ2n) is 6.49. The highest BCUT2D eigenvalue weighted by molar-refractivity contribution is 8.16. The minimum Gasteiger partial charge on any atom is -0.494 e. The van der Waals surface area contributed by atoms with Gasteiger partial charge in [-0.05, 0) is 37.6 Å². The SMILES string of the molecule is CCCCC(=O)N=C1S[C@H]2CS(=O)(=O)C[C@H]2N1c1ccc(OCC)cc1. The summed E-state index contributed by atoms with van der Waals surface area (Å²) in [6.45, 7) is 4.54. The van der Waals surface area contributed by atoms with Crippen LogP contribution in [0.5, 0.6) is 5.75 Å². The van der Waals surface area contributed by atoms with Crippen molar-refractivity contribution in [1.82, 2.24) is 0 Å². The van der Waals surface area contributed by atoms with Gasteiger partial charge in [0, 0.05) is 17.4 Å². The molecule has 1 aromatic carbocycles. The maximum Gasteiger partial charge on any atom is 0.248 e. The summed E-state index contributed by atoms with van der Waals surface area (Å²) in [4.78, 5) is 18.4. The van der Waals surface area contributed by atoms with Gasteiger partial charge in [-0.15, -0.1) is 0 Å². The zero-order valence-corrected chi connectivity index (χ0v) is 16.7. The Hall–Kier alpha value is -1.54. The van der Waals surface area contributed by atoms with Crippen molar-refractivity contribution in [2.45, 2.75) is 44.4 Å². The Labute approximate surface area is 158 Å². The zero-order chi connectivity index (χ0) is 18.7. The summed E-state index contributed by atoms with van der Waals surface area (Å²) < 4.78 is 29.6. The van der Waals surface area contributed by atoms with E-state index in [1.54, 1.807) is 0 Å². The minimum absolute atomic E-state index is 0.0794. The number of amides is 1. The normalized spacial score (nSPS) is 25.5. The molecule has 2 aliphatic rings. The first-order valence-electron chi connectivity index (χ1n) is 8.94. The van der Waals surface area contributed by atoms with Gasteiger partial charge < -0.3 is 9.64 Å². The van der Waals surface area contributed by atoms with Crippen LogP contribution in [0.25, 0.3) is 0 Å². The van der Waals surface area contributed by atoms with Crippen molar-refractivity contribution >= 4 is 38.4 Å². The Morgan fingerprint density at radius 1 is 1.27 bits per heavy atom. The molecule has 0 N–H and O–H groups in total. The van der Waals surface area contributed by atoms with Crippen molar-refractivity contribution in [3.8, 4) is 5.75 Å². The van der Waals surface area contributed by atoms with Gasteiger partial charge in [0.2, 0.25) is 5.91 Å². The van der Waals surface area contributed by atoms with E-state index < -0.39 is 9.84 Å². The molecule has 2 atom stereocenters. The lowest BCUT2D eigenvalue weighted by Gasteiger charge is -2.24. The van der Waals surface area contributed by atoms with Crippen LogP contribution in [0.1, 0.15) is 33.1 Å². The molecule has 0 bridgehead atoms. The fraction of sp³-hybridized carbons (Fsp3) is 0.556. The predicted octanol–water partition coefficient (Wildman–Crippen LogP) is 2.88. The van der Waals surface area contributed by atoms with E-state index in [1.165, 1.54) is 11.8 Å². The number of rotatable bonds is 6. The molecule has 26 heavy (non-hydrogen) atoms. The van der Waals surface area contributed by atoms with Gasteiger partial charge in [0.05, 0.1) is 24.2 Å². The molecule has 0 saturated carbocycles. The molecule has 0 radical (unpaired) electrons. The van der Waals surface area contributed by atoms with Crippen molar-refractivity contribution in [3.63, 3.8) is 0 Å². The summed E-state index contributed by atoms with van der Waals surface area (Å²) in [7, 11) is -3.06. The van der Waals surface area contributed by atoms with E-state index >= 15 is 0 Å². The molecule has 6 nitrogen and oxygen atoms in total. The number of hydrogen-bond donors (Lipinski definition) is 0. The van der Waals surface area contributed by atoms with Crippen LogP contribution in [0.2, 0.25) is 0 Å². The van der Waals surface area contributed by atoms with E-state index in [9.17, 15) is 13.2 Å². The van der Waals surface area contributed by atoms with Crippen molar-refractivity contribution in [3.05, 3.63) is 24.3 Å². The molecule has 0 spiro atoms. The molecule has 3 rings (SSSR count). The standard InChI is InChI=1S/C18H24N2O4S2/c1-3-5-6-17(21)19-18-20(13-7-9-14(10-8-13)24-4-2)15-11-26(22,23)12-16(15)25-18/h7-10,15-16H,3-6,11-12H2,1-2H3/t15-,16+/m1/s1. The Bertz CT molecular complexity index is 790. The summed E-state index contributed by atoms with van der Waals surface area (Å²) in [5.41, 5.74) is 0.840. The van der Waals surface area contributed by atoms with E-state index in [1.807, 2.05) is 43.0 Å². The van der Waals surface area contributed by atoms with E-state index in [0.29, 0.717) is 18.2 Å². The molecular weight excluding hydrogens is 372 g/mol. The van der Waals surface area contributed by atoms with Crippen LogP contribution >= 0.6 is 11.8 Å². The van der Waals surface area contributed by atoms with Gasteiger partial charge in [-0.3, -0.25) is 4.79 Å². The van der Waals surface area contributed by atoms with Gasteiger partial charge in [-0.25, -0.2) is 8.42 Å². The first-order valence-corrected chi connectivity index (χ1v) is 11.6. The number of carbonyl (C=O) groups is 1. The maximum absolute atomic E-state index is 12.2. The fourth-order valence-corrected chi connectivity index (χ4v) is 7.16. The number of aliphatic imine (C=N–C) groups is 1. The van der Waals surface area contributed by atoms with Crippen LogP contribution in [-0.4, -0.2) is 48.9 Å². The number of sulfone groups is 1. The molecule has 0 aromatic heterocycles. The molecule has 2 heterocycles. The number of benzene rings is 1. The molecule has 1 aromatic rings.